The first-order valence-electron chi connectivity index (χ1n) is 4.42. The van der Waals surface area contributed by atoms with Crippen molar-refractivity contribution in [3.63, 3.8) is 0 Å². The Morgan fingerprint density at radius 2 is 2.07 bits per heavy atom. The van der Waals surface area contributed by atoms with Crippen molar-refractivity contribution < 1.29 is 0 Å². The van der Waals surface area contributed by atoms with Gasteiger partial charge in [-0.15, -0.1) is 0 Å². The minimum Gasteiger partial charge on any atom is -0.236 e. The van der Waals surface area contributed by atoms with E-state index in [1.54, 1.807) is 12.3 Å². The molecule has 0 aliphatic rings. The third kappa shape index (κ3) is 2.36. The van der Waals surface area contributed by atoms with Crippen LogP contribution in [-0.4, -0.2) is 9.97 Å². The van der Waals surface area contributed by atoms with Crippen LogP contribution >= 0.6 is 27.5 Å². The van der Waals surface area contributed by atoms with Gasteiger partial charge in [0.25, 0.3) is 0 Å². The van der Waals surface area contributed by atoms with E-state index in [1.165, 1.54) is 0 Å². The highest BCUT2D eigenvalue weighted by atomic mass is 79.9. The summed E-state index contributed by atoms with van der Waals surface area (Å²) in [7, 11) is 0. The van der Waals surface area contributed by atoms with Crippen LogP contribution in [0.15, 0.2) is 34.9 Å². The fourth-order valence-corrected chi connectivity index (χ4v) is 1.96. The highest BCUT2D eigenvalue weighted by Gasteiger charge is 2.05. The van der Waals surface area contributed by atoms with Crippen LogP contribution in [0.1, 0.15) is 5.56 Å². The molecule has 0 aliphatic carbocycles. The van der Waals surface area contributed by atoms with Crippen LogP contribution < -0.4 is 0 Å². The van der Waals surface area contributed by atoms with Gasteiger partial charge in [0, 0.05) is 16.2 Å². The van der Waals surface area contributed by atoms with E-state index in [0.29, 0.717) is 11.0 Å². The summed E-state index contributed by atoms with van der Waals surface area (Å²) in [6, 6.07) is 7.64. The summed E-state index contributed by atoms with van der Waals surface area (Å²) in [5.74, 6) is 0.660. The molecule has 1 aromatic heterocycles. The molecular weight excluding hydrogens is 275 g/mol. The summed E-state index contributed by atoms with van der Waals surface area (Å²) in [5.41, 5.74) is 2.12. The van der Waals surface area contributed by atoms with Crippen molar-refractivity contribution in [3.05, 3.63) is 45.7 Å². The molecule has 0 spiro atoms. The van der Waals surface area contributed by atoms with Gasteiger partial charge < -0.3 is 0 Å². The van der Waals surface area contributed by atoms with Crippen molar-refractivity contribution in [1.29, 1.82) is 0 Å². The van der Waals surface area contributed by atoms with Crippen LogP contribution in [0.4, 0.5) is 0 Å². The molecule has 2 nitrogen and oxygen atoms in total. The first-order valence-corrected chi connectivity index (χ1v) is 5.59. The van der Waals surface area contributed by atoms with Crippen molar-refractivity contribution >= 4 is 27.5 Å². The van der Waals surface area contributed by atoms with E-state index in [9.17, 15) is 0 Å². The van der Waals surface area contributed by atoms with Gasteiger partial charge >= 0.3 is 0 Å². The van der Waals surface area contributed by atoms with E-state index in [0.717, 1.165) is 15.6 Å². The van der Waals surface area contributed by atoms with Crippen LogP contribution in [0.25, 0.3) is 11.4 Å². The Labute approximate surface area is 101 Å². The number of halogens is 2. The van der Waals surface area contributed by atoms with Crippen LogP contribution in [-0.2, 0) is 0 Å². The molecule has 1 heterocycles. The van der Waals surface area contributed by atoms with Gasteiger partial charge in [-0.2, -0.15) is 0 Å². The highest BCUT2D eigenvalue weighted by molar-refractivity contribution is 9.10. The van der Waals surface area contributed by atoms with Gasteiger partial charge in [-0.05, 0) is 36.8 Å². The summed E-state index contributed by atoms with van der Waals surface area (Å²) in [5, 5.41) is 0.460. The molecule has 15 heavy (non-hydrogen) atoms. The van der Waals surface area contributed by atoms with Crippen LogP contribution in [0.2, 0.25) is 5.15 Å². The predicted molar refractivity (Wildman–Crippen MR) is 64.9 cm³/mol. The Morgan fingerprint density at radius 3 is 2.73 bits per heavy atom. The molecule has 0 saturated heterocycles. The monoisotopic (exact) mass is 282 g/mol. The second kappa shape index (κ2) is 4.29. The molecule has 76 valence electrons. The highest BCUT2D eigenvalue weighted by Crippen LogP contribution is 2.23. The van der Waals surface area contributed by atoms with Crippen molar-refractivity contribution in [2.45, 2.75) is 6.92 Å². The molecule has 0 radical (unpaired) electrons. The Balaban J connectivity index is 2.54. The molecule has 0 amide bonds. The molecular formula is C11H8BrClN2. The van der Waals surface area contributed by atoms with Crippen LogP contribution in [0, 0.1) is 6.92 Å². The van der Waals surface area contributed by atoms with Crippen LogP contribution in [0.3, 0.4) is 0 Å². The van der Waals surface area contributed by atoms with Gasteiger partial charge in [-0.1, -0.05) is 27.5 Å². The number of aryl methyl sites for hydroxylation is 1. The summed E-state index contributed by atoms with van der Waals surface area (Å²) in [6.45, 7) is 2.02. The molecule has 0 bridgehead atoms. The number of hydrogen-bond donors (Lipinski definition) is 0. The minimum atomic E-state index is 0.460. The van der Waals surface area contributed by atoms with Gasteiger partial charge in [-0.25, -0.2) is 9.97 Å². The van der Waals surface area contributed by atoms with Crippen molar-refractivity contribution in [1.82, 2.24) is 9.97 Å². The third-order valence-corrected chi connectivity index (χ3v) is 2.75. The van der Waals surface area contributed by atoms with E-state index in [2.05, 4.69) is 25.9 Å². The first-order chi connectivity index (χ1) is 7.16. The average Bonchev–Trinajstić information content (AvgIpc) is 2.17. The first kappa shape index (κ1) is 10.6. The van der Waals surface area contributed by atoms with Gasteiger partial charge in [0.2, 0.25) is 0 Å². The van der Waals surface area contributed by atoms with Gasteiger partial charge in [0.15, 0.2) is 5.82 Å². The van der Waals surface area contributed by atoms with E-state index < -0.39 is 0 Å². The average molecular weight is 284 g/mol. The predicted octanol–water partition coefficient (Wildman–Crippen LogP) is 3.87. The zero-order chi connectivity index (χ0) is 10.8. The Bertz CT molecular complexity index is 500. The molecule has 0 aliphatic heterocycles. The third-order valence-electron chi connectivity index (χ3n) is 2.05. The van der Waals surface area contributed by atoms with E-state index in [4.69, 9.17) is 11.6 Å². The zero-order valence-electron chi connectivity index (χ0n) is 8.04. The summed E-state index contributed by atoms with van der Waals surface area (Å²) in [4.78, 5) is 8.36. The molecule has 0 unspecified atom stereocenters. The molecule has 2 aromatic rings. The number of aromatic nitrogens is 2. The summed E-state index contributed by atoms with van der Waals surface area (Å²) < 4.78 is 1.05. The molecule has 0 fully saturated rings. The topological polar surface area (TPSA) is 25.8 Å². The van der Waals surface area contributed by atoms with Gasteiger partial charge in [0.1, 0.15) is 5.15 Å². The lowest BCUT2D eigenvalue weighted by Crippen LogP contribution is -1.90. The lowest BCUT2D eigenvalue weighted by molar-refractivity contribution is 1.17. The van der Waals surface area contributed by atoms with E-state index in [-0.39, 0.29) is 0 Å². The fraction of sp³-hybridized carbons (Fsp3) is 0.0909. The molecule has 1 aromatic carbocycles. The lowest BCUT2D eigenvalue weighted by atomic mass is 10.1. The lowest BCUT2D eigenvalue weighted by Gasteiger charge is -2.04. The quantitative estimate of drug-likeness (QED) is 0.743. The smallest absolute Gasteiger partial charge is 0.161 e. The molecule has 0 N–H and O–H groups in total. The fourth-order valence-electron chi connectivity index (χ4n) is 1.34. The number of nitrogens with zero attached hydrogens (tertiary/aromatic N) is 2. The van der Waals surface area contributed by atoms with Gasteiger partial charge in [0.05, 0.1) is 0 Å². The Kier molecular flexibility index (Phi) is 3.03. The largest absolute Gasteiger partial charge is 0.236 e. The normalized spacial score (nSPS) is 10.3. The second-order valence-electron chi connectivity index (χ2n) is 3.16. The molecule has 0 saturated carbocycles. The van der Waals surface area contributed by atoms with Crippen molar-refractivity contribution in [3.8, 4) is 11.4 Å². The van der Waals surface area contributed by atoms with E-state index in [1.807, 2.05) is 25.1 Å². The number of rotatable bonds is 1. The molecule has 4 heteroatoms. The SMILES string of the molecule is Cc1cc(Br)ccc1-c1nccc(Cl)n1. The standard InChI is InChI=1S/C11H8BrClN2/c1-7-6-8(12)2-3-9(7)11-14-5-4-10(13)15-11/h2-6H,1H3. The van der Waals surface area contributed by atoms with Crippen molar-refractivity contribution in [2.24, 2.45) is 0 Å². The summed E-state index contributed by atoms with van der Waals surface area (Å²) in [6.07, 6.45) is 1.66. The number of hydrogen-bond acceptors (Lipinski definition) is 2. The van der Waals surface area contributed by atoms with E-state index >= 15 is 0 Å². The molecule has 0 atom stereocenters. The number of benzene rings is 1. The Morgan fingerprint density at radius 1 is 1.27 bits per heavy atom. The molecule has 2 rings (SSSR count). The zero-order valence-corrected chi connectivity index (χ0v) is 10.4. The Hall–Kier alpha value is -0.930. The van der Waals surface area contributed by atoms with Gasteiger partial charge in [-0.3, -0.25) is 0 Å². The van der Waals surface area contributed by atoms with Crippen molar-refractivity contribution in [2.75, 3.05) is 0 Å². The maximum absolute atomic E-state index is 5.82. The second-order valence-corrected chi connectivity index (χ2v) is 4.47. The maximum atomic E-state index is 5.82. The summed E-state index contributed by atoms with van der Waals surface area (Å²) >= 11 is 9.23. The minimum absolute atomic E-state index is 0.460. The van der Waals surface area contributed by atoms with Crippen LogP contribution in [0.5, 0.6) is 0 Å². The maximum Gasteiger partial charge on any atom is 0.161 e.